The highest BCUT2D eigenvalue weighted by atomic mass is 28.4. The number of carbonyl (C=O) groups is 1. The molecule has 0 aromatic heterocycles. The minimum absolute atomic E-state index is 0.0718. The summed E-state index contributed by atoms with van der Waals surface area (Å²) in [4.78, 5) is 12.0. The number of hydrogen-bond acceptors (Lipinski definition) is 3. The predicted molar refractivity (Wildman–Crippen MR) is 110 cm³/mol. The molecule has 0 heterocycles. The Kier molecular flexibility index (Phi) is 6.81. The Morgan fingerprint density at radius 1 is 1.30 bits per heavy atom. The van der Waals surface area contributed by atoms with E-state index in [2.05, 4.69) is 40.4 Å². The standard InChI is InChI=1S/C22H31FO3Si/c1-16-18(12-13-25-21(24)17-10-8-7-9-11-17)14-19(15-20(16)23)26-27(5,6)22(2,3)4/h7-12,19-20H,1,13-15H2,2-6H3/b18-12+. The Bertz CT molecular complexity index is 704. The number of esters is 1. The van der Waals surface area contributed by atoms with E-state index in [1.165, 1.54) is 0 Å². The molecule has 3 nitrogen and oxygen atoms in total. The van der Waals surface area contributed by atoms with Gasteiger partial charge >= 0.3 is 5.97 Å². The number of benzene rings is 1. The molecule has 0 spiro atoms. The quantitative estimate of drug-likeness (QED) is 0.467. The SMILES string of the molecule is C=C1/C(=C/COC(=O)c2ccccc2)CC(O[Si](C)(C)C(C)(C)C)CC1F. The van der Waals surface area contributed by atoms with E-state index in [1.807, 2.05) is 6.07 Å². The molecular weight excluding hydrogens is 359 g/mol. The Morgan fingerprint density at radius 2 is 1.93 bits per heavy atom. The molecule has 0 radical (unpaired) electrons. The first-order valence-electron chi connectivity index (χ1n) is 9.43. The summed E-state index contributed by atoms with van der Waals surface area (Å²) in [6, 6.07) is 8.82. The van der Waals surface area contributed by atoms with Gasteiger partial charge in [0.25, 0.3) is 0 Å². The summed E-state index contributed by atoms with van der Waals surface area (Å²) in [5, 5.41) is 0.0718. The van der Waals surface area contributed by atoms with Gasteiger partial charge in [-0.2, -0.15) is 0 Å². The monoisotopic (exact) mass is 390 g/mol. The zero-order chi connectivity index (χ0) is 20.2. The minimum Gasteiger partial charge on any atom is -0.458 e. The summed E-state index contributed by atoms with van der Waals surface area (Å²) in [6.45, 7) is 14.9. The lowest BCUT2D eigenvalue weighted by molar-refractivity contribution is 0.0548. The lowest BCUT2D eigenvalue weighted by Gasteiger charge is -2.41. The van der Waals surface area contributed by atoms with Crippen LogP contribution in [0.4, 0.5) is 4.39 Å². The topological polar surface area (TPSA) is 35.5 Å². The van der Waals surface area contributed by atoms with Gasteiger partial charge in [-0.15, -0.1) is 0 Å². The largest absolute Gasteiger partial charge is 0.458 e. The van der Waals surface area contributed by atoms with Crippen molar-refractivity contribution in [2.24, 2.45) is 0 Å². The van der Waals surface area contributed by atoms with Crippen LogP contribution in [-0.2, 0) is 9.16 Å². The summed E-state index contributed by atoms with van der Waals surface area (Å²) in [5.41, 5.74) is 1.76. The molecule has 27 heavy (non-hydrogen) atoms. The first kappa shape index (κ1) is 21.6. The van der Waals surface area contributed by atoms with Crippen molar-refractivity contribution in [1.29, 1.82) is 0 Å². The number of alkyl halides is 1. The highest BCUT2D eigenvalue weighted by Gasteiger charge is 2.41. The summed E-state index contributed by atoms with van der Waals surface area (Å²) in [7, 11) is -1.98. The van der Waals surface area contributed by atoms with Gasteiger partial charge in [0.2, 0.25) is 0 Å². The van der Waals surface area contributed by atoms with Gasteiger partial charge in [0.1, 0.15) is 12.8 Å². The minimum atomic E-state index is -1.98. The normalized spacial score (nSPS) is 22.7. The highest BCUT2D eigenvalue weighted by molar-refractivity contribution is 6.74. The molecule has 1 aliphatic carbocycles. The van der Waals surface area contributed by atoms with E-state index >= 15 is 0 Å². The van der Waals surface area contributed by atoms with Crippen LogP contribution in [0.15, 0.2) is 54.1 Å². The maximum atomic E-state index is 14.5. The maximum Gasteiger partial charge on any atom is 0.338 e. The summed E-state index contributed by atoms with van der Waals surface area (Å²) in [6.07, 6.45) is 1.42. The van der Waals surface area contributed by atoms with Crippen molar-refractivity contribution in [3.05, 3.63) is 59.7 Å². The molecule has 2 atom stereocenters. The van der Waals surface area contributed by atoms with Crippen molar-refractivity contribution < 1.29 is 18.3 Å². The first-order valence-corrected chi connectivity index (χ1v) is 12.3. The molecule has 5 heteroatoms. The smallest absolute Gasteiger partial charge is 0.338 e. The number of carbonyl (C=O) groups excluding carboxylic acids is 1. The second kappa shape index (κ2) is 8.53. The third kappa shape index (κ3) is 5.63. The fourth-order valence-corrected chi connectivity index (χ4v) is 4.17. The molecule has 0 N–H and O–H groups in total. The van der Waals surface area contributed by atoms with E-state index in [0.717, 1.165) is 5.57 Å². The lowest BCUT2D eigenvalue weighted by atomic mass is 9.87. The van der Waals surface area contributed by atoms with E-state index in [4.69, 9.17) is 9.16 Å². The van der Waals surface area contributed by atoms with Crippen molar-refractivity contribution in [3.8, 4) is 0 Å². The maximum absolute atomic E-state index is 14.5. The second-order valence-electron chi connectivity index (χ2n) is 8.63. The number of allylic oxidation sites excluding steroid dienone is 1. The Labute approximate surface area is 163 Å². The van der Waals surface area contributed by atoms with Crippen LogP contribution >= 0.6 is 0 Å². The van der Waals surface area contributed by atoms with E-state index < -0.39 is 14.5 Å². The molecule has 1 saturated carbocycles. The molecular formula is C22H31FO3Si. The zero-order valence-electron chi connectivity index (χ0n) is 17.0. The number of halogens is 1. The van der Waals surface area contributed by atoms with Crippen molar-refractivity contribution in [3.63, 3.8) is 0 Å². The molecule has 0 aliphatic heterocycles. The molecule has 1 aliphatic rings. The van der Waals surface area contributed by atoms with Crippen molar-refractivity contribution in [2.45, 2.75) is 64.0 Å². The molecule has 1 aromatic rings. The van der Waals surface area contributed by atoms with Crippen LogP contribution in [0.3, 0.4) is 0 Å². The van der Waals surface area contributed by atoms with Crippen LogP contribution in [-0.4, -0.2) is 33.2 Å². The van der Waals surface area contributed by atoms with Crippen LogP contribution in [0, 0.1) is 0 Å². The Balaban J connectivity index is 2.01. The molecule has 1 aromatic carbocycles. The lowest BCUT2D eigenvalue weighted by Crippen LogP contribution is -2.45. The van der Waals surface area contributed by atoms with Crippen molar-refractivity contribution in [1.82, 2.24) is 0 Å². The zero-order valence-corrected chi connectivity index (χ0v) is 18.0. The average molecular weight is 391 g/mol. The van der Waals surface area contributed by atoms with Gasteiger partial charge in [0.05, 0.1) is 11.7 Å². The molecule has 2 rings (SSSR count). The molecule has 0 amide bonds. The number of rotatable bonds is 5. The van der Waals surface area contributed by atoms with Crippen LogP contribution < -0.4 is 0 Å². The van der Waals surface area contributed by atoms with E-state index in [0.29, 0.717) is 24.0 Å². The predicted octanol–water partition coefficient (Wildman–Crippen LogP) is 5.85. The second-order valence-corrected chi connectivity index (χ2v) is 13.4. The van der Waals surface area contributed by atoms with Gasteiger partial charge in [-0.05, 0) is 53.9 Å². The van der Waals surface area contributed by atoms with Crippen molar-refractivity contribution in [2.75, 3.05) is 6.61 Å². The van der Waals surface area contributed by atoms with Crippen LogP contribution in [0.2, 0.25) is 18.1 Å². The summed E-state index contributed by atoms with van der Waals surface area (Å²) in [5.74, 6) is -0.389. The van der Waals surface area contributed by atoms with Crippen LogP contribution in [0.1, 0.15) is 44.0 Å². The van der Waals surface area contributed by atoms with Gasteiger partial charge < -0.3 is 9.16 Å². The van der Waals surface area contributed by atoms with Gasteiger partial charge in [-0.1, -0.05) is 45.5 Å². The fourth-order valence-electron chi connectivity index (χ4n) is 2.81. The van der Waals surface area contributed by atoms with Crippen molar-refractivity contribution >= 4 is 14.3 Å². The fraction of sp³-hybridized carbons (Fsp3) is 0.500. The Hall–Kier alpha value is -1.72. The average Bonchev–Trinajstić information content (AvgIpc) is 2.58. The highest BCUT2D eigenvalue weighted by Crippen LogP contribution is 2.40. The van der Waals surface area contributed by atoms with Crippen LogP contribution in [0.5, 0.6) is 0 Å². The summed E-state index contributed by atoms with van der Waals surface area (Å²) < 4.78 is 26.2. The number of hydrogen-bond donors (Lipinski definition) is 0. The van der Waals surface area contributed by atoms with E-state index in [1.54, 1.807) is 30.3 Å². The molecule has 0 bridgehead atoms. The van der Waals surface area contributed by atoms with Gasteiger partial charge in [-0.3, -0.25) is 0 Å². The molecule has 2 unspecified atom stereocenters. The van der Waals surface area contributed by atoms with Gasteiger partial charge in [-0.25, -0.2) is 9.18 Å². The Morgan fingerprint density at radius 3 is 2.52 bits per heavy atom. The third-order valence-electron chi connectivity index (χ3n) is 5.53. The van der Waals surface area contributed by atoms with E-state index in [9.17, 15) is 9.18 Å². The first-order chi connectivity index (χ1) is 12.5. The molecule has 1 fully saturated rings. The van der Waals surface area contributed by atoms with E-state index in [-0.39, 0.29) is 23.7 Å². The number of ether oxygens (including phenoxy) is 1. The summed E-state index contributed by atoms with van der Waals surface area (Å²) >= 11 is 0. The molecule has 148 valence electrons. The molecule has 0 saturated heterocycles. The van der Waals surface area contributed by atoms with Gasteiger partial charge in [0, 0.05) is 6.42 Å². The third-order valence-corrected chi connectivity index (χ3v) is 10.1. The van der Waals surface area contributed by atoms with Crippen LogP contribution in [0.25, 0.3) is 0 Å². The van der Waals surface area contributed by atoms with Gasteiger partial charge in [0.15, 0.2) is 8.32 Å².